The Morgan fingerprint density at radius 2 is 1.90 bits per heavy atom. The number of hydrogen-bond acceptors (Lipinski definition) is 4. The van der Waals surface area contributed by atoms with Crippen LogP contribution in [0.5, 0.6) is 0 Å². The average molecular weight is 295 g/mol. The fourth-order valence-electron chi connectivity index (χ4n) is 2.06. The molecule has 1 heterocycles. The molecule has 0 amide bonds. The van der Waals surface area contributed by atoms with Gasteiger partial charge in [-0.15, -0.1) is 0 Å². The largest absolute Gasteiger partial charge is 0.339 e. The second-order valence-electron chi connectivity index (χ2n) is 4.93. The fraction of sp³-hybridized carbons (Fsp3) is 0.467. The first-order valence-electron chi connectivity index (χ1n) is 7.14. The van der Waals surface area contributed by atoms with Gasteiger partial charge in [0.1, 0.15) is 11.6 Å². The number of halogens is 2. The van der Waals surface area contributed by atoms with Crippen LogP contribution in [0.3, 0.4) is 0 Å². The molecule has 1 aromatic carbocycles. The molecule has 2 rings (SSSR count). The van der Waals surface area contributed by atoms with E-state index < -0.39 is 11.6 Å². The van der Waals surface area contributed by atoms with Gasteiger partial charge >= 0.3 is 0 Å². The lowest BCUT2D eigenvalue weighted by Gasteiger charge is -2.13. The molecule has 1 unspecified atom stereocenters. The predicted molar refractivity (Wildman–Crippen MR) is 75.7 cm³/mol. The first-order chi connectivity index (χ1) is 10.1. The zero-order valence-electron chi connectivity index (χ0n) is 12.2. The van der Waals surface area contributed by atoms with Crippen molar-refractivity contribution in [3.8, 4) is 11.4 Å². The summed E-state index contributed by atoms with van der Waals surface area (Å²) in [6.45, 7) is 5.10. The number of nitrogens with zero attached hydrogens (tertiary/aromatic N) is 2. The fourth-order valence-corrected chi connectivity index (χ4v) is 2.06. The molecule has 0 saturated carbocycles. The van der Waals surface area contributed by atoms with E-state index in [1.54, 1.807) is 0 Å². The molecule has 2 aromatic rings. The van der Waals surface area contributed by atoms with E-state index in [-0.39, 0.29) is 17.4 Å². The van der Waals surface area contributed by atoms with E-state index in [0.717, 1.165) is 25.5 Å². The van der Waals surface area contributed by atoms with Crippen LogP contribution in [0.1, 0.15) is 32.6 Å². The zero-order valence-corrected chi connectivity index (χ0v) is 12.2. The monoisotopic (exact) mass is 295 g/mol. The Balaban J connectivity index is 2.10. The van der Waals surface area contributed by atoms with Crippen LogP contribution >= 0.6 is 0 Å². The highest BCUT2D eigenvalue weighted by atomic mass is 19.1. The highest BCUT2D eigenvalue weighted by Crippen LogP contribution is 2.19. The molecule has 114 valence electrons. The lowest BCUT2D eigenvalue weighted by molar-refractivity contribution is 0.354. The van der Waals surface area contributed by atoms with Gasteiger partial charge in [-0.3, -0.25) is 0 Å². The van der Waals surface area contributed by atoms with Gasteiger partial charge in [-0.2, -0.15) is 4.98 Å². The van der Waals surface area contributed by atoms with Crippen molar-refractivity contribution in [3.05, 3.63) is 35.7 Å². The molecule has 0 bridgehead atoms. The Morgan fingerprint density at radius 3 is 2.52 bits per heavy atom. The van der Waals surface area contributed by atoms with Crippen LogP contribution < -0.4 is 5.32 Å². The number of hydrogen-bond donors (Lipinski definition) is 1. The Labute approximate surface area is 122 Å². The summed E-state index contributed by atoms with van der Waals surface area (Å²) in [5.74, 6) is -0.654. The standard InChI is InChI=1S/C15H19F2N3O/c1-3-5-18-13(4-2)9-14-19-15(20-21-14)10-6-11(16)8-12(17)7-10/h6-8,13,18H,3-5,9H2,1-2H3. The predicted octanol–water partition coefficient (Wildman–Crippen LogP) is 3.34. The molecule has 1 N–H and O–H groups in total. The quantitative estimate of drug-likeness (QED) is 0.851. The Morgan fingerprint density at radius 1 is 1.19 bits per heavy atom. The summed E-state index contributed by atoms with van der Waals surface area (Å²) < 4.78 is 31.5. The molecule has 1 atom stereocenters. The molecular formula is C15H19F2N3O. The maximum Gasteiger partial charge on any atom is 0.228 e. The second-order valence-corrected chi connectivity index (χ2v) is 4.93. The number of benzene rings is 1. The maximum atomic E-state index is 13.2. The lowest BCUT2D eigenvalue weighted by atomic mass is 10.1. The number of nitrogens with one attached hydrogen (secondary N) is 1. The molecule has 1 aromatic heterocycles. The van der Waals surface area contributed by atoms with Crippen LogP contribution in [0.2, 0.25) is 0 Å². The van der Waals surface area contributed by atoms with Gasteiger partial charge in [0, 0.05) is 24.1 Å². The smallest absolute Gasteiger partial charge is 0.228 e. The van der Waals surface area contributed by atoms with E-state index >= 15 is 0 Å². The van der Waals surface area contributed by atoms with Crippen molar-refractivity contribution in [2.45, 2.75) is 39.2 Å². The molecule has 4 nitrogen and oxygen atoms in total. The van der Waals surface area contributed by atoms with Gasteiger partial charge in [0.2, 0.25) is 11.7 Å². The minimum absolute atomic E-state index is 0.203. The van der Waals surface area contributed by atoms with E-state index in [4.69, 9.17) is 4.52 Å². The van der Waals surface area contributed by atoms with Crippen molar-refractivity contribution in [2.24, 2.45) is 0 Å². The molecule has 6 heteroatoms. The van der Waals surface area contributed by atoms with Gasteiger partial charge < -0.3 is 9.84 Å². The van der Waals surface area contributed by atoms with Crippen molar-refractivity contribution >= 4 is 0 Å². The van der Waals surface area contributed by atoms with Crippen LogP contribution in [0.25, 0.3) is 11.4 Å². The third-order valence-corrected chi connectivity index (χ3v) is 3.19. The summed E-state index contributed by atoms with van der Waals surface area (Å²) in [6, 6.07) is 3.43. The van der Waals surface area contributed by atoms with Crippen molar-refractivity contribution in [2.75, 3.05) is 6.54 Å². The van der Waals surface area contributed by atoms with E-state index in [2.05, 4.69) is 29.3 Å². The van der Waals surface area contributed by atoms with Crippen LogP contribution in [0.4, 0.5) is 8.78 Å². The molecule has 0 radical (unpaired) electrons. The van der Waals surface area contributed by atoms with E-state index in [1.165, 1.54) is 12.1 Å². The topological polar surface area (TPSA) is 51.0 Å². The Hall–Kier alpha value is -1.82. The molecule has 21 heavy (non-hydrogen) atoms. The van der Waals surface area contributed by atoms with Crippen LogP contribution in [0.15, 0.2) is 22.7 Å². The molecule has 0 fully saturated rings. The van der Waals surface area contributed by atoms with Gasteiger partial charge in [0.05, 0.1) is 0 Å². The van der Waals surface area contributed by atoms with Crippen molar-refractivity contribution in [1.29, 1.82) is 0 Å². The minimum Gasteiger partial charge on any atom is -0.339 e. The van der Waals surface area contributed by atoms with Crippen LogP contribution in [-0.2, 0) is 6.42 Å². The first-order valence-corrected chi connectivity index (χ1v) is 7.14. The molecular weight excluding hydrogens is 276 g/mol. The summed E-state index contributed by atoms with van der Waals surface area (Å²) in [7, 11) is 0. The Kier molecular flexibility index (Phi) is 5.38. The summed E-state index contributed by atoms with van der Waals surface area (Å²) in [5.41, 5.74) is 0.275. The normalized spacial score (nSPS) is 12.6. The summed E-state index contributed by atoms with van der Waals surface area (Å²) in [4.78, 5) is 4.21. The number of aromatic nitrogens is 2. The molecule has 0 aliphatic heterocycles. The average Bonchev–Trinajstić information content (AvgIpc) is 2.91. The van der Waals surface area contributed by atoms with E-state index in [0.29, 0.717) is 12.3 Å². The summed E-state index contributed by atoms with van der Waals surface area (Å²) >= 11 is 0. The van der Waals surface area contributed by atoms with Gasteiger partial charge in [0.25, 0.3) is 0 Å². The van der Waals surface area contributed by atoms with Gasteiger partial charge in [-0.05, 0) is 31.5 Å². The van der Waals surface area contributed by atoms with Crippen LogP contribution in [0, 0.1) is 11.6 Å². The van der Waals surface area contributed by atoms with Crippen molar-refractivity contribution in [3.63, 3.8) is 0 Å². The first kappa shape index (κ1) is 15.6. The van der Waals surface area contributed by atoms with Crippen molar-refractivity contribution in [1.82, 2.24) is 15.5 Å². The minimum atomic E-state index is -0.660. The summed E-state index contributed by atoms with van der Waals surface area (Å²) in [6.07, 6.45) is 2.59. The van der Waals surface area contributed by atoms with E-state index in [1.807, 2.05) is 0 Å². The van der Waals surface area contributed by atoms with E-state index in [9.17, 15) is 8.78 Å². The molecule has 0 saturated heterocycles. The lowest BCUT2D eigenvalue weighted by Crippen LogP contribution is -2.31. The summed E-state index contributed by atoms with van der Waals surface area (Å²) in [5, 5.41) is 7.18. The highest BCUT2D eigenvalue weighted by molar-refractivity contribution is 5.54. The Bertz CT molecular complexity index is 566. The zero-order chi connectivity index (χ0) is 15.2. The van der Waals surface area contributed by atoms with Crippen LogP contribution in [-0.4, -0.2) is 22.7 Å². The SMILES string of the molecule is CCCNC(CC)Cc1nc(-c2cc(F)cc(F)c2)no1. The molecule has 0 spiro atoms. The van der Waals surface area contributed by atoms with Gasteiger partial charge in [-0.1, -0.05) is 19.0 Å². The number of rotatable bonds is 7. The maximum absolute atomic E-state index is 13.2. The van der Waals surface area contributed by atoms with Gasteiger partial charge in [-0.25, -0.2) is 8.78 Å². The van der Waals surface area contributed by atoms with Crippen molar-refractivity contribution < 1.29 is 13.3 Å². The third-order valence-electron chi connectivity index (χ3n) is 3.19. The molecule has 0 aliphatic carbocycles. The van der Waals surface area contributed by atoms with Gasteiger partial charge in [0.15, 0.2) is 0 Å². The molecule has 0 aliphatic rings. The third kappa shape index (κ3) is 4.32. The highest BCUT2D eigenvalue weighted by Gasteiger charge is 2.14. The second kappa shape index (κ2) is 7.26.